The highest BCUT2D eigenvalue weighted by Gasteiger charge is 2.32. The maximum absolute atomic E-state index is 14.0. The van der Waals surface area contributed by atoms with Gasteiger partial charge in [-0.2, -0.15) is 0 Å². The van der Waals surface area contributed by atoms with Gasteiger partial charge in [-0.3, -0.25) is 9.36 Å². The third-order valence-electron chi connectivity index (χ3n) is 6.85. The number of para-hydroxylation sites is 1. The Morgan fingerprint density at radius 1 is 1.03 bits per heavy atom. The summed E-state index contributed by atoms with van der Waals surface area (Å²) < 4.78 is 14.1. The molecule has 2 heterocycles. The minimum absolute atomic E-state index is 0.0376. The number of aromatic nitrogens is 1. The van der Waals surface area contributed by atoms with Crippen LogP contribution in [0.4, 0.5) is 0 Å². The summed E-state index contributed by atoms with van der Waals surface area (Å²) in [6.07, 6.45) is 3.75. The van der Waals surface area contributed by atoms with E-state index in [1.54, 1.807) is 7.11 Å². The second-order valence-corrected chi connectivity index (χ2v) is 10.6. The third-order valence-corrected chi connectivity index (χ3v) is 7.83. The molecule has 0 N–H and O–H groups in total. The monoisotopic (exact) mass is 508 g/mol. The fourth-order valence-electron chi connectivity index (χ4n) is 5.24. The number of nitrogens with zero attached hydrogens (tertiary/aromatic N) is 2. The molecule has 1 aliphatic heterocycles. The smallest absolute Gasteiger partial charge is 0.271 e. The second-order valence-electron chi connectivity index (χ2n) is 9.59. The van der Waals surface area contributed by atoms with Crippen LogP contribution in [0.5, 0.6) is 11.5 Å². The predicted molar refractivity (Wildman–Crippen MR) is 148 cm³/mol. The molecule has 186 valence electrons. The number of thiazole rings is 1. The first-order chi connectivity index (χ1) is 18.0. The molecule has 0 fully saturated rings. The summed E-state index contributed by atoms with van der Waals surface area (Å²) in [5.74, 6) is 1.54. The van der Waals surface area contributed by atoms with Crippen molar-refractivity contribution in [2.24, 2.45) is 4.99 Å². The zero-order chi connectivity index (χ0) is 25.5. The summed E-state index contributed by atoms with van der Waals surface area (Å²) in [5.41, 5.74) is 6.49. The van der Waals surface area contributed by atoms with Gasteiger partial charge in [-0.1, -0.05) is 65.9 Å². The molecule has 1 atom stereocenters. The lowest BCUT2D eigenvalue weighted by Crippen LogP contribution is -2.38. The molecule has 0 saturated heterocycles. The number of methoxy groups -OCH3 is 1. The van der Waals surface area contributed by atoms with Crippen LogP contribution in [-0.2, 0) is 6.42 Å². The van der Waals surface area contributed by atoms with E-state index in [1.807, 2.05) is 67.0 Å². The third kappa shape index (κ3) is 4.21. The highest BCUT2D eigenvalue weighted by Crippen LogP contribution is 2.41. The Kier molecular flexibility index (Phi) is 6.05. The van der Waals surface area contributed by atoms with Crippen LogP contribution in [0.1, 0.15) is 48.6 Å². The number of hydrogen-bond acceptors (Lipinski definition) is 5. The summed E-state index contributed by atoms with van der Waals surface area (Å²) in [6.45, 7) is 4.00. The number of benzene rings is 3. The average Bonchev–Trinajstić information content (AvgIpc) is 3.22. The minimum Gasteiger partial charge on any atom is -0.497 e. The van der Waals surface area contributed by atoms with Crippen LogP contribution in [0.25, 0.3) is 11.8 Å². The molecule has 0 amide bonds. The van der Waals surface area contributed by atoms with Crippen LogP contribution in [0.3, 0.4) is 0 Å². The number of fused-ring (bicyclic) bond motifs is 3. The normalized spacial score (nSPS) is 16.6. The summed E-state index contributed by atoms with van der Waals surface area (Å²) in [6, 6.07) is 24.1. The van der Waals surface area contributed by atoms with Gasteiger partial charge in [-0.15, -0.1) is 0 Å². The molecule has 0 saturated carbocycles. The number of ether oxygens (including phenoxy) is 2. The molecule has 6 heteroatoms. The average molecular weight is 509 g/mol. The molecule has 5 nitrogen and oxygen atoms in total. The number of aryl methyl sites for hydroxylation is 1. The van der Waals surface area contributed by atoms with Gasteiger partial charge >= 0.3 is 0 Å². The standard InChI is InChI=1S/C31H28N2O3S/c1-19(2)36-26-14-7-5-10-21(26)18-27-30(34)33-29(22-11-8-12-23(17-22)35-3)25-16-15-20-9-4-6-13-24(20)28(25)32-31(33)37-27/h4-14,17-19,29H,15-16H2,1-3H3. The van der Waals surface area contributed by atoms with Gasteiger partial charge in [-0.25, -0.2) is 4.99 Å². The maximum Gasteiger partial charge on any atom is 0.271 e. The van der Waals surface area contributed by atoms with E-state index in [0.717, 1.165) is 46.7 Å². The van der Waals surface area contributed by atoms with Crippen LogP contribution < -0.4 is 24.4 Å². The molecule has 1 aliphatic carbocycles. The first-order valence-corrected chi connectivity index (χ1v) is 13.4. The first-order valence-electron chi connectivity index (χ1n) is 12.6. The van der Waals surface area contributed by atoms with Crippen LogP contribution >= 0.6 is 11.3 Å². The van der Waals surface area contributed by atoms with E-state index in [9.17, 15) is 4.79 Å². The van der Waals surface area contributed by atoms with Gasteiger partial charge in [-0.05, 0) is 67.7 Å². The fraction of sp³-hybridized carbons (Fsp3) is 0.226. The first kappa shape index (κ1) is 23.5. The molecule has 0 radical (unpaired) electrons. The summed E-state index contributed by atoms with van der Waals surface area (Å²) in [5, 5.41) is 0. The van der Waals surface area contributed by atoms with Crippen molar-refractivity contribution >= 4 is 23.1 Å². The summed E-state index contributed by atoms with van der Waals surface area (Å²) >= 11 is 1.43. The molecule has 2 aliphatic rings. The van der Waals surface area contributed by atoms with E-state index < -0.39 is 0 Å². The predicted octanol–water partition coefficient (Wildman–Crippen LogP) is 5.11. The minimum atomic E-state index is -0.237. The van der Waals surface area contributed by atoms with Crippen molar-refractivity contribution in [1.82, 2.24) is 4.57 Å². The zero-order valence-electron chi connectivity index (χ0n) is 21.1. The summed E-state index contributed by atoms with van der Waals surface area (Å²) in [4.78, 5) is 19.8. The van der Waals surface area contributed by atoms with Gasteiger partial charge < -0.3 is 9.47 Å². The van der Waals surface area contributed by atoms with Crippen molar-refractivity contribution in [2.75, 3.05) is 7.11 Å². The van der Waals surface area contributed by atoms with Crippen molar-refractivity contribution < 1.29 is 9.47 Å². The lowest BCUT2D eigenvalue weighted by molar-refractivity contribution is 0.242. The molecule has 1 unspecified atom stereocenters. The Morgan fingerprint density at radius 3 is 2.68 bits per heavy atom. The zero-order valence-corrected chi connectivity index (χ0v) is 21.9. The highest BCUT2D eigenvalue weighted by atomic mass is 32.1. The molecule has 1 aromatic heterocycles. The Bertz CT molecular complexity index is 1710. The van der Waals surface area contributed by atoms with Crippen molar-refractivity contribution in [3.8, 4) is 11.5 Å². The molecule has 4 aromatic rings. The Labute approximate surface area is 219 Å². The van der Waals surface area contributed by atoms with E-state index in [0.29, 0.717) is 9.33 Å². The largest absolute Gasteiger partial charge is 0.497 e. The van der Waals surface area contributed by atoms with Crippen molar-refractivity contribution in [3.63, 3.8) is 0 Å². The van der Waals surface area contributed by atoms with Crippen molar-refractivity contribution in [1.29, 1.82) is 0 Å². The van der Waals surface area contributed by atoms with E-state index in [1.165, 1.54) is 22.5 Å². The van der Waals surface area contributed by atoms with Crippen LogP contribution in [0, 0.1) is 0 Å². The molecule has 6 rings (SSSR count). The van der Waals surface area contributed by atoms with Gasteiger partial charge in [0.1, 0.15) is 11.5 Å². The van der Waals surface area contributed by atoms with E-state index in [4.69, 9.17) is 14.5 Å². The van der Waals surface area contributed by atoms with E-state index >= 15 is 0 Å². The number of rotatable bonds is 5. The lowest BCUT2D eigenvalue weighted by atomic mass is 9.83. The Morgan fingerprint density at radius 2 is 1.84 bits per heavy atom. The van der Waals surface area contributed by atoms with Gasteiger partial charge in [0.15, 0.2) is 4.80 Å². The van der Waals surface area contributed by atoms with Crippen LogP contribution in [-0.4, -0.2) is 17.8 Å². The summed E-state index contributed by atoms with van der Waals surface area (Å²) in [7, 11) is 1.67. The lowest BCUT2D eigenvalue weighted by Gasteiger charge is -2.31. The molecular formula is C31H28N2O3S. The van der Waals surface area contributed by atoms with Crippen molar-refractivity contribution in [2.45, 2.75) is 38.8 Å². The number of hydrogen-bond donors (Lipinski definition) is 0. The van der Waals surface area contributed by atoms with Crippen molar-refractivity contribution in [3.05, 3.63) is 120 Å². The van der Waals surface area contributed by atoms with Gasteiger partial charge in [0.05, 0.1) is 29.5 Å². The quantitative estimate of drug-likeness (QED) is 0.376. The molecule has 0 spiro atoms. The van der Waals surface area contributed by atoms with Gasteiger partial charge in [0, 0.05) is 11.1 Å². The van der Waals surface area contributed by atoms with E-state index in [2.05, 4.69) is 30.3 Å². The van der Waals surface area contributed by atoms with Crippen LogP contribution in [0.2, 0.25) is 0 Å². The van der Waals surface area contributed by atoms with Gasteiger partial charge in [0.2, 0.25) is 0 Å². The molecule has 3 aromatic carbocycles. The number of allylic oxidation sites excluding steroid dienone is 1. The second kappa shape index (κ2) is 9.52. The SMILES string of the molecule is COc1cccc(C2C3=C(N=c4sc(=Cc5ccccc5OC(C)C)c(=O)n42)c2ccccc2CC3)c1. The maximum atomic E-state index is 14.0. The Balaban J connectivity index is 1.60. The van der Waals surface area contributed by atoms with E-state index in [-0.39, 0.29) is 17.7 Å². The molecule has 0 bridgehead atoms. The van der Waals surface area contributed by atoms with Crippen LogP contribution in [0.15, 0.2) is 88.2 Å². The van der Waals surface area contributed by atoms with Gasteiger partial charge in [0.25, 0.3) is 5.56 Å². The highest BCUT2D eigenvalue weighted by molar-refractivity contribution is 7.07. The molecule has 37 heavy (non-hydrogen) atoms. The topological polar surface area (TPSA) is 52.8 Å². The molecular weight excluding hydrogens is 480 g/mol. The fourth-order valence-corrected chi connectivity index (χ4v) is 6.23. The Hall–Kier alpha value is -3.90.